The van der Waals surface area contributed by atoms with Crippen LogP contribution in [0.25, 0.3) is 15.5 Å². The van der Waals surface area contributed by atoms with Crippen LogP contribution in [0, 0.1) is 0 Å². The van der Waals surface area contributed by atoms with E-state index in [1.54, 1.807) is 4.90 Å². The van der Waals surface area contributed by atoms with Gasteiger partial charge in [-0.2, -0.15) is 9.61 Å². The minimum absolute atomic E-state index is 0.159. The van der Waals surface area contributed by atoms with Crippen molar-refractivity contribution in [1.29, 1.82) is 0 Å². The van der Waals surface area contributed by atoms with Crippen molar-refractivity contribution in [3.63, 3.8) is 0 Å². The predicted molar refractivity (Wildman–Crippen MR) is 88.5 cm³/mol. The van der Waals surface area contributed by atoms with Crippen LogP contribution in [0.15, 0.2) is 28.7 Å². The highest BCUT2D eigenvalue weighted by molar-refractivity contribution is 9.10. The molecule has 0 aliphatic carbocycles. The number of fused-ring (bicyclic) bond motifs is 1. The zero-order valence-electron chi connectivity index (χ0n) is 12.0. The second-order valence-corrected chi connectivity index (χ2v) is 6.91. The number of rotatable bonds is 2. The Morgan fingerprint density at radius 3 is 2.65 bits per heavy atom. The van der Waals surface area contributed by atoms with Crippen molar-refractivity contribution in [2.24, 2.45) is 0 Å². The fourth-order valence-corrected chi connectivity index (χ4v) is 3.48. The Hall–Kier alpha value is -1.84. The minimum Gasteiger partial charge on any atom is -0.378 e. The molecule has 1 saturated heterocycles. The first-order valence-corrected chi connectivity index (χ1v) is 8.68. The van der Waals surface area contributed by atoms with Crippen LogP contribution in [0.3, 0.4) is 0 Å². The molecule has 1 aliphatic rings. The third-order valence-electron chi connectivity index (χ3n) is 3.57. The highest BCUT2D eigenvalue weighted by Crippen LogP contribution is 2.26. The fourth-order valence-electron chi connectivity index (χ4n) is 2.37. The van der Waals surface area contributed by atoms with E-state index in [2.05, 4.69) is 31.2 Å². The molecule has 7 nitrogen and oxygen atoms in total. The van der Waals surface area contributed by atoms with E-state index in [0.29, 0.717) is 31.3 Å². The summed E-state index contributed by atoms with van der Waals surface area (Å²) in [5, 5.41) is 13.4. The van der Waals surface area contributed by atoms with Gasteiger partial charge in [-0.05, 0) is 12.1 Å². The molecule has 1 aromatic carbocycles. The number of ether oxygens (including phenoxy) is 1. The molecule has 1 amide bonds. The quantitative estimate of drug-likeness (QED) is 0.666. The average molecular weight is 394 g/mol. The van der Waals surface area contributed by atoms with Gasteiger partial charge >= 0.3 is 0 Å². The summed E-state index contributed by atoms with van der Waals surface area (Å²) < 4.78 is 7.81. The lowest BCUT2D eigenvalue weighted by molar-refractivity contribution is 0.0293. The van der Waals surface area contributed by atoms with E-state index in [1.165, 1.54) is 15.9 Å². The molecule has 3 heterocycles. The number of hydrogen-bond donors (Lipinski definition) is 0. The third kappa shape index (κ3) is 2.75. The van der Waals surface area contributed by atoms with Gasteiger partial charge in [-0.1, -0.05) is 39.4 Å². The van der Waals surface area contributed by atoms with Crippen LogP contribution in [0.1, 0.15) is 10.6 Å². The highest BCUT2D eigenvalue weighted by atomic mass is 79.9. The Morgan fingerprint density at radius 2 is 1.91 bits per heavy atom. The molecule has 4 rings (SSSR count). The predicted octanol–water partition coefficient (Wildman–Crippen LogP) is 2.09. The van der Waals surface area contributed by atoms with Crippen molar-refractivity contribution in [2.45, 2.75) is 0 Å². The molecule has 1 fully saturated rings. The first-order chi connectivity index (χ1) is 11.2. The van der Waals surface area contributed by atoms with E-state index in [-0.39, 0.29) is 11.7 Å². The van der Waals surface area contributed by atoms with Gasteiger partial charge in [0.15, 0.2) is 0 Å². The smallest absolute Gasteiger partial charge is 0.293 e. The molecule has 118 valence electrons. The fraction of sp³-hybridized carbons (Fsp3) is 0.286. The van der Waals surface area contributed by atoms with Gasteiger partial charge in [-0.25, -0.2) is 0 Å². The molecule has 1 aliphatic heterocycles. The molecule has 0 atom stereocenters. The SMILES string of the molecule is O=C(c1nnc2sc(-c3ccc(Br)cc3)nn12)N1CCOCC1. The molecule has 0 bridgehead atoms. The standard InChI is InChI=1S/C14H12BrN5O2S/c15-10-3-1-9(2-4-10)12-18-20-11(16-17-14(20)23-12)13(21)19-5-7-22-8-6-19/h1-4H,5-8H2. The summed E-state index contributed by atoms with van der Waals surface area (Å²) in [5.41, 5.74) is 0.980. The number of amides is 1. The zero-order chi connectivity index (χ0) is 15.8. The van der Waals surface area contributed by atoms with Gasteiger partial charge in [0.25, 0.3) is 5.91 Å². The van der Waals surface area contributed by atoms with E-state index in [9.17, 15) is 4.79 Å². The largest absolute Gasteiger partial charge is 0.378 e. The van der Waals surface area contributed by atoms with Crippen LogP contribution in [0.2, 0.25) is 0 Å². The number of benzene rings is 1. The molecule has 2 aromatic heterocycles. The van der Waals surface area contributed by atoms with Crippen LogP contribution in [0.4, 0.5) is 0 Å². The molecule has 23 heavy (non-hydrogen) atoms. The second kappa shape index (κ2) is 5.99. The first-order valence-electron chi connectivity index (χ1n) is 7.07. The molecule has 3 aromatic rings. The topological polar surface area (TPSA) is 72.6 Å². The molecular weight excluding hydrogens is 382 g/mol. The number of morpholine rings is 1. The van der Waals surface area contributed by atoms with Crippen molar-refractivity contribution in [2.75, 3.05) is 26.3 Å². The second-order valence-electron chi connectivity index (χ2n) is 5.04. The Bertz CT molecular complexity index is 854. The van der Waals surface area contributed by atoms with Crippen LogP contribution < -0.4 is 0 Å². The third-order valence-corrected chi connectivity index (χ3v) is 5.05. The number of nitrogens with zero attached hydrogens (tertiary/aromatic N) is 5. The molecule has 0 spiro atoms. The number of aromatic nitrogens is 4. The number of carbonyl (C=O) groups excluding carboxylic acids is 1. The molecule has 0 N–H and O–H groups in total. The molecule has 9 heteroatoms. The van der Waals surface area contributed by atoms with Crippen LogP contribution in [-0.2, 0) is 4.74 Å². The first kappa shape index (κ1) is 14.7. The molecule has 0 radical (unpaired) electrons. The summed E-state index contributed by atoms with van der Waals surface area (Å²) in [7, 11) is 0. The van der Waals surface area contributed by atoms with E-state index >= 15 is 0 Å². The van der Waals surface area contributed by atoms with E-state index in [1.807, 2.05) is 24.3 Å². The highest BCUT2D eigenvalue weighted by Gasteiger charge is 2.25. The number of hydrogen-bond acceptors (Lipinski definition) is 6. The normalized spacial score (nSPS) is 15.3. The van der Waals surface area contributed by atoms with Gasteiger partial charge in [0.1, 0.15) is 5.01 Å². The van der Waals surface area contributed by atoms with E-state index < -0.39 is 0 Å². The summed E-state index contributed by atoms with van der Waals surface area (Å²) in [5.74, 6) is 0.0926. The molecular formula is C14H12BrN5O2S. The Morgan fingerprint density at radius 1 is 1.17 bits per heavy atom. The lowest BCUT2D eigenvalue weighted by Gasteiger charge is -2.25. The van der Waals surface area contributed by atoms with Crippen LogP contribution in [-0.4, -0.2) is 56.9 Å². The van der Waals surface area contributed by atoms with Crippen molar-refractivity contribution >= 4 is 38.1 Å². The molecule has 0 unspecified atom stereocenters. The van der Waals surface area contributed by atoms with Gasteiger partial charge in [0.05, 0.1) is 13.2 Å². The van der Waals surface area contributed by atoms with Crippen LogP contribution >= 0.6 is 27.3 Å². The van der Waals surface area contributed by atoms with Gasteiger partial charge in [-0.3, -0.25) is 4.79 Å². The minimum atomic E-state index is -0.159. The maximum atomic E-state index is 12.6. The summed E-state index contributed by atoms with van der Waals surface area (Å²) in [4.78, 5) is 14.9. The Kier molecular flexibility index (Phi) is 3.83. The van der Waals surface area contributed by atoms with E-state index in [0.717, 1.165) is 15.0 Å². The van der Waals surface area contributed by atoms with Crippen molar-refractivity contribution in [1.82, 2.24) is 24.7 Å². The van der Waals surface area contributed by atoms with Gasteiger partial charge in [-0.15, -0.1) is 10.2 Å². The van der Waals surface area contributed by atoms with Crippen molar-refractivity contribution in [3.8, 4) is 10.6 Å². The summed E-state index contributed by atoms with van der Waals surface area (Å²) in [6.45, 7) is 2.23. The van der Waals surface area contributed by atoms with Crippen molar-refractivity contribution < 1.29 is 9.53 Å². The molecule has 0 saturated carbocycles. The van der Waals surface area contributed by atoms with Gasteiger partial charge in [0.2, 0.25) is 10.8 Å². The monoisotopic (exact) mass is 393 g/mol. The van der Waals surface area contributed by atoms with Crippen molar-refractivity contribution in [3.05, 3.63) is 34.6 Å². The number of halogens is 1. The number of carbonyl (C=O) groups is 1. The lowest BCUT2D eigenvalue weighted by atomic mass is 10.2. The zero-order valence-corrected chi connectivity index (χ0v) is 14.4. The summed E-state index contributed by atoms with van der Waals surface area (Å²) >= 11 is 4.82. The Balaban J connectivity index is 1.69. The van der Waals surface area contributed by atoms with Crippen LogP contribution in [0.5, 0.6) is 0 Å². The average Bonchev–Trinajstić information content (AvgIpc) is 3.16. The maximum absolute atomic E-state index is 12.6. The maximum Gasteiger partial charge on any atom is 0.293 e. The van der Waals surface area contributed by atoms with Gasteiger partial charge in [0, 0.05) is 23.1 Å². The lowest BCUT2D eigenvalue weighted by Crippen LogP contribution is -2.41. The summed E-state index contributed by atoms with van der Waals surface area (Å²) in [6.07, 6.45) is 0. The summed E-state index contributed by atoms with van der Waals surface area (Å²) in [6, 6.07) is 7.85. The van der Waals surface area contributed by atoms with Gasteiger partial charge < -0.3 is 9.64 Å². The Labute approximate surface area is 144 Å². The van der Waals surface area contributed by atoms with E-state index in [4.69, 9.17) is 4.74 Å².